The number of allylic oxidation sites excluding steroid dienone is 2. The second kappa shape index (κ2) is 13.3. The molecule has 0 saturated heterocycles. The number of fused-ring (bicyclic) bond motifs is 9. The fraction of sp³-hybridized carbons (Fsp3) is 0.0566. The van der Waals surface area contributed by atoms with Gasteiger partial charge in [-0.2, -0.15) is 0 Å². The maximum absolute atomic E-state index is 5.47. The van der Waals surface area contributed by atoms with Crippen molar-refractivity contribution in [3.8, 4) is 11.1 Å². The second-order valence-electron chi connectivity index (χ2n) is 14.9. The van der Waals surface area contributed by atoms with E-state index in [0.717, 1.165) is 40.2 Å². The minimum atomic E-state index is -0.155. The number of nitrogens with zero attached hydrogens (tertiary/aromatic N) is 2. The van der Waals surface area contributed by atoms with Gasteiger partial charge in [0.15, 0.2) is 0 Å². The molecule has 1 N–H and O–H groups in total. The molecule has 1 aliphatic carbocycles. The van der Waals surface area contributed by atoms with Crippen LogP contribution in [0.15, 0.2) is 205 Å². The van der Waals surface area contributed by atoms with Crippen LogP contribution >= 0.6 is 0 Å². The molecule has 1 aliphatic heterocycles. The van der Waals surface area contributed by atoms with E-state index in [9.17, 15) is 0 Å². The van der Waals surface area contributed by atoms with Crippen LogP contribution < -0.4 is 5.32 Å². The lowest BCUT2D eigenvalue weighted by molar-refractivity contribution is 0.827. The predicted octanol–water partition coefficient (Wildman–Crippen LogP) is 12.9. The Kier molecular flexibility index (Phi) is 7.70. The fourth-order valence-electron chi connectivity index (χ4n) is 8.95. The Bertz CT molecular complexity index is 3110. The van der Waals surface area contributed by atoms with E-state index in [1.807, 2.05) is 18.5 Å². The van der Waals surface area contributed by atoms with Crippen LogP contribution in [0.4, 0.5) is 0 Å². The van der Waals surface area contributed by atoms with Gasteiger partial charge in [0.25, 0.3) is 0 Å². The molecular formula is C53H37N3. The summed E-state index contributed by atoms with van der Waals surface area (Å²) in [4.78, 5) is 9.86. The molecule has 11 rings (SSSR count). The Morgan fingerprint density at radius 1 is 0.500 bits per heavy atom. The van der Waals surface area contributed by atoms with Crippen molar-refractivity contribution in [2.45, 2.75) is 18.4 Å². The third-order valence-electron chi connectivity index (χ3n) is 11.7. The van der Waals surface area contributed by atoms with Gasteiger partial charge in [0.05, 0.1) is 6.04 Å². The van der Waals surface area contributed by atoms with Gasteiger partial charge in [-0.25, -0.2) is 0 Å². The Labute approximate surface area is 325 Å². The standard InChI is InChI=1S/C53H37N3/c1-2-15-41-37(11-1)30-49(46-20-7-3-16-42(41)46)34-22-24-35(25-23-34)51-32-52(38-13-9-12-36(29-38)40-14-10-28-54-33-40)56-53(55-51)39-26-27-48-45-19-5-4-17-43(45)44-18-6-8-21-47(44)50(48)31-39/h1-22,24-34,51H,23H2,(H,55,56). The van der Waals surface area contributed by atoms with E-state index in [1.54, 1.807) is 0 Å². The zero-order valence-corrected chi connectivity index (χ0v) is 30.7. The SMILES string of the molecule is C1=CC(c2cc3ccccc3c3ccccc23)CC=C1C1C=C(c2cccc(-c3cccnc3)c2)NC(c2ccc3c4ccccc4c4ccccc4c3c2)=N1. The Morgan fingerprint density at radius 3 is 1.86 bits per heavy atom. The molecule has 8 aromatic carbocycles. The molecule has 1 aromatic heterocycles. The van der Waals surface area contributed by atoms with Crippen molar-refractivity contribution in [3.05, 3.63) is 217 Å². The monoisotopic (exact) mass is 715 g/mol. The van der Waals surface area contributed by atoms with Crippen molar-refractivity contribution >= 4 is 65.4 Å². The molecule has 9 aromatic rings. The molecule has 2 unspecified atom stereocenters. The molecule has 56 heavy (non-hydrogen) atoms. The molecule has 2 aliphatic rings. The summed E-state index contributed by atoms with van der Waals surface area (Å²) in [5.74, 6) is 1.15. The zero-order valence-electron chi connectivity index (χ0n) is 30.7. The molecular weight excluding hydrogens is 679 g/mol. The van der Waals surface area contributed by atoms with Gasteiger partial charge in [-0.3, -0.25) is 9.98 Å². The number of pyridine rings is 1. The predicted molar refractivity (Wildman–Crippen MR) is 236 cm³/mol. The van der Waals surface area contributed by atoms with Crippen LogP contribution in [0.25, 0.3) is 70.7 Å². The third kappa shape index (κ3) is 5.51. The van der Waals surface area contributed by atoms with Crippen LogP contribution in [0.1, 0.15) is 29.0 Å². The normalized spacial score (nSPS) is 16.9. The lowest BCUT2D eigenvalue weighted by Crippen LogP contribution is -2.30. The molecule has 0 bridgehead atoms. The Balaban J connectivity index is 1.01. The second-order valence-corrected chi connectivity index (χ2v) is 14.9. The first-order valence-corrected chi connectivity index (χ1v) is 19.4. The lowest BCUT2D eigenvalue weighted by atomic mass is 9.84. The topological polar surface area (TPSA) is 37.3 Å². The van der Waals surface area contributed by atoms with Crippen molar-refractivity contribution in [1.29, 1.82) is 0 Å². The van der Waals surface area contributed by atoms with Crippen molar-refractivity contribution in [2.24, 2.45) is 4.99 Å². The van der Waals surface area contributed by atoms with Crippen molar-refractivity contribution in [1.82, 2.24) is 10.3 Å². The summed E-state index contributed by atoms with van der Waals surface area (Å²) in [6, 6.07) is 57.0. The van der Waals surface area contributed by atoms with E-state index < -0.39 is 0 Å². The van der Waals surface area contributed by atoms with Crippen LogP contribution in [0.2, 0.25) is 0 Å². The van der Waals surface area contributed by atoms with Crippen molar-refractivity contribution in [3.63, 3.8) is 0 Å². The molecule has 264 valence electrons. The average Bonchev–Trinajstić information content (AvgIpc) is 3.29. The smallest absolute Gasteiger partial charge is 0.133 e. The summed E-state index contributed by atoms with van der Waals surface area (Å²) in [7, 11) is 0. The van der Waals surface area contributed by atoms with Gasteiger partial charge in [-0.05, 0) is 113 Å². The van der Waals surface area contributed by atoms with Crippen molar-refractivity contribution in [2.75, 3.05) is 0 Å². The van der Waals surface area contributed by atoms with Gasteiger partial charge in [0, 0.05) is 35.1 Å². The maximum atomic E-state index is 5.47. The highest BCUT2D eigenvalue weighted by Gasteiger charge is 2.24. The molecule has 2 heterocycles. The number of nitrogens with one attached hydrogen (secondary N) is 1. The first kappa shape index (κ1) is 32.3. The number of amidine groups is 1. The first-order chi connectivity index (χ1) is 27.7. The summed E-state index contributed by atoms with van der Waals surface area (Å²) >= 11 is 0. The fourth-order valence-corrected chi connectivity index (χ4v) is 8.95. The van der Waals surface area contributed by atoms with E-state index in [2.05, 4.69) is 186 Å². The molecule has 0 saturated carbocycles. The highest BCUT2D eigenvalue weighted by molar-refractivity contribution is 6.26. The average molecular weight is 716 g/mol. The summed E-state index contributed by atoms with van der Waals surface area (Å²) in [5, 5.41) is 16.6. The Hall–Kier alpha value is -7.10. The van der Waals surface area contributed by atoms with Gasteiger partial charge in [-0.1, -0.05) is 152 Å². The van der Waals surface area contributed by atoms with E-state index in [1.165, 1.54) is 65.0 Å². The number of hydrogen-bond acceptors (Lipinski definition) is 3. The lowest BCUT2D eigenvalue weighted by Gasteiger charge is -2.26. The third-order valence-corrected chi connectivity index (χ3v) is 11.7. The van der Waals surface area contributed by atoms with Gasteiger partial charge in [0.2, 0.25) is 0 Å². The molecule has 0 radical (unpaired) electrons. The van der Waals surface area contributed by atoms with E-state index >= 15 is 0 Å². The maximum Gasteiger partial charge on any atom is 0.133 e. The first-order valence-electron chi connectivity index (χ1n) is 19.4. The number of hydrogen-bond donors (Lipinski definition) is 1. The van der Waals surface area contributed by atoms with Gasteiger partial charge in [0.1, 0.15) is 5.84 Å². The minimum absolute atomic E-state index is 0.155. The van der Waals surface area contributed by atoms with Crippen LogP contribution in [0, 0.1) is 0 Å². The highest BCUT2D eigenvalue weighted by atomic mass is 15.0. The Morgan fingerprint density at radius 2 is 1.14 bits per heavy atom. The highest BCUT2D eigenvalue weighted by Crippen LogP contribution is 2.39. The molecule has 0 spiro atoms. The largest absolute Gasteiger partial charge is 0.340 e. The molecule has 3 heteroatoms. The molecule has 2 atom stereocenters. The summed E-state index contributed by atoms with van der Waals surface area (Å²) < 4.78 is 0. The molecule has 0 amide bonds. The number of benzene rings is 8. The zero-order chi connectivity index (χ0) is 37.0. The minimum Gasteiger partial charge on any atom is -0.340 e. The summed E-state index contributed by atoms with van der Waals surface area (Å²) in [5.41, 5.74) is 8.04. The van der Waals surface area contributed by atoms with E-state index in [0.29, 0.717) is 0 Å². The molecule has 3 nitrogen and oxygen atoms in total. The van der Waals surface area contributed by atoms with Gasteiger partial charge >= 0.3 is 0 Å². The van der Waals surface area contributed by atoms with Gasteiger partial charge in [-0.15, -0.1) is 0 Å². The number of aliphatic imine (C=N–C) groups is 1. The van der Waals surface area contributed by atoms with Crippen LogP contribution in [-0.2, 0) is 0 Å². The summed E-state index contributed by atoms with van der Waals surface area (Å²) in [6.07, 6.45) is 14.1. The van der Waals surface area contributed by atoms with Crippen molar-refractivity contribution < 1.29 is 0 Å². The van der Waals surface area contributed by atoms with Crippen LogP contribution in [0.5, 0.6) is 0 Å². The van der Waals surface area contributed by atoms with Crippen LogP contribution in [-0.4, -0.2) is 16.9 Å². The van der Waals surface area contributed by atoms with E-state index in [-0.39, 0.29) is 12.0 Å². The molecule has 0 fully saturated rings. The quantitative estimate of drug-likeness (QED) is 0.180. The van der Waals surface area contributed by atoms with Crippen LogP contribution in [0.3, 0.4) is 0 Å². The number of rotatable bonds is 5. The number of aromatic nitrogens is 1. The summed E-state index contributed by atoms with van der Waals surface area (Å²) in [6.45, 7) is 0. The van der Waals surface area contributed by atoms with E-state index in [4.69, 9.17) is 4.99 Å². The van der Waals surface area contributed by atoms with Gasteiger partial charge < -0.3 is 5.32 Å².